The summed E-state index contributed by atoms with van der Waals surface area (Å²) >= 11 is 6.11. The number of nitrogens with one attached hydrogen (secondary N) is 2. The van der Waals surface area contributed by atoms with Gasteiger partial charge in [0.2, 0.25) is 0 Å². The molecule has 2 aromatic carbocycles. The van der Waals surface area contributed by atoms with Crippen LogP contribution in [0.3, 0.4) is 0 Å². The SMILES string of the molecule is CC[C@H](C)NC(=O)C(=O)N/N=C\c1cccc(OCc2ccccc2Cl)c1. The van der Waals surface area contributed by atoms with Crippen molar-refractivity contribution in [1.29, 1.82) is 0 Å². The fourth-order valence-electron chi connectivity index (χ4n) is 2.07. The molecular weight excluding hydrogens is 366 g/mol. The van der Waals surface area contributed by atoms with Gasteiger partial charge < -0.3 is 10.1 Å². The van der Waals surface area contributed by atoms with Crippen molar-refractivity contribution >= 4 is 29.6 Å². The van der Waals surface area contributed by atoms with Crippen molar-refractivity contribution in [3.8, 4) is 5.75 Å². The van der Waals surface area contributed by atoms with E-state index in [1.165, 1.54) is 6.21 Å². The van der Waals surface area contributed by atoms with Crippen molar-refractivity contribution in [3.05, 3.63) is 64.7 Å². The van der Waals surface area contributed by atoms with Crippen LogP contribution in [0.15, 0.2) is 53.6 Å². The maximum Gasteiger partial charge on any atom is 0.329 e. The molecule has 0 radical (unpaired) electrons. The first-order valence-electron chi connectivity index (χ1n) is 8.59. The van der Waals surface area contributed by atoms with Crippen LogP contribution in [0, 0.1) is 0 Å². The van der Waals surface area contributed by atoms with Gasteiger partial charge in [-0.05, 0) is 37.1 Å². The van der Waals surface area contributed by atoms with E-state index in [-0.39, 0.29) is 6.04 Å². The fraction of sp³-hybridized carbons (Fsp3) is 0.250. The first kappa shape index (κ1) is 20.5. The number of benzene rings is 2. The summed E-state index contributed by atoms with van der Waals surface area (Å²) in [4.78, 5) is 23.3. The van der Waals surface area contributed by atoms with E-state index in [1.54, 1.807) is 18.2 Å². The Bertz CT molecular complexity index is 824. The largest absolute Gasteiger partial charge is 0.489 e. The summed E-state index contributed by atoms with van der Waals surface area (Å²) in [5, 5.41) is 7.02. The maximum absolute atomic E-state index is 11.7. The second kappa shape index (κ2) is 10.3. The Hall–Kier alpha value is -2.86. The monoisotopic (exact) mass is 387 g/mol. The van der Waals surface area contributed by atoms with Crippen molar-refractivity contribution < 1.29 is 14.3 Å². The third kappa shape index (κ3) is 6.75. The van der Waals surface area contributed by atoms with E-state index in [1.807, 2.05) is 44.2 Å². The average Bonchev–Trinajstić information content (AvgIpc) is 2.67. The highest BCUT2D eigenvalue weighted by Gasteiger charge is 2.14. The van der Waals surface area contributed by atoms with E-state index in [9.17, 15) is 9.59 Å². The number of amides is 2. The summed E-state index contributed by atoms with van der Waals surface area (Å²) in [6.45, 7) is 4.08. The fourth-order valence-corrected chi connectivity index (χ4v) is 2.26. The minimum absolute atomic E-state index is 0.0702. The lowest BCUT2D eigenvalue weighted by Crippen LogP contribution is -2.41. The first-order chi connectivity index (χ1) is 13.0. The van der Waals surface area contributed by atoms with Gasteiger partial charge in [0.25, 0.3) is 0 Å². The number of rotatable bonds is 7. The number of nitrogens with zero attached hydrogens (tertiary/aromatic N) is 1. The molecule has 2 amide bonds. The Labute approximate surface area is 163 Å². The van der Waals surface area contributed by atoms with E-state index < -0.39 is 11.8 Å². The molecule has 0 saturated carbocycles. The first-order valence-corrected chi connectivity index (χ1v) is 8.97. The maximum atomic E-state index is 11.7. The van der Waals surface area contributed by atoms with Gasteiger partial charge in [-0.3, -0.25) is 9.59 Å². The molecule has 27 heavy (non-hydrogen) atoms. The lowest BCUT2D eigenvalue weighted by Gasteiger charge is -2.09. The van der Waals surface area contributed by atoms with Gasteiger partial charge in [-0.1, -0.05) is 48.9 Å². The molecule has 0 bridgehead atoms. The van der Waals surface area contributed by atoms with Gasteiger partial charge in [-0.2, -0.15) is 5.10 Å². The average molecular weight is 388 g/mol. The summed E-state index contributed by atoms with van der Waals surface area (Å²) < 4.78 is 5.74. The molecule has 0 spiro atoms. The zero-order chi connectivity index (χ0) is 19.6. The molecule has 0 aromatic heterocycles. The van der Waals surface area contributed by atoms with Crippen LogP contribution in [0.25, 0.3) is 0 Å². The van der Waals surface area contributed by atoms with Crippen LogP contribution in [-0.2, 0) is 16.2 Å². The second-order valence-electron chi connectivity index (χ2n) is 5.93. The molecule has 0 saturated heterocycles. The zero-order valence-electron chi connectivity index (χ0n) is 15.2. The van der Waals surface area contributed by atoms with E-state index in [2.05, 4.69) is 15.8 Å². The predicted molar refractivity (Wildman–Crippen MR) is 106 cm³/mol. The smallest absolute Gasteiger partial charge is 0.329 e. The number of carbonyl (C=O) groups excluding carboxylic acids is 2. The summed E-state index contributed by atoms with van der Waals surface area (Å²) in [6, 6.07) is 14.6. The van der Waals surface area contributed by atoms with Crippen molar-refractivity contribution in [2.45, 2.75) is 32.9 Å². The van der Waals surface area contributed by atoms with Crippen molar-refractivity contribution in [3.63, 3.8) is 0 Å². The summed E-state index contributed by atoms with van der Waals surface area (Å²) in [7, 11) is 0. The quantitative estimate of drug-likeness (QED) is 0.434. The minimum Gasteiger partial charge on any atom is -0.489 e. The van der Waals surface area contributed by atoms with Crippen LogP contribution >= 0.6 is 11.6 Å². The van der Waals surface area contributed by atoms with Gasteiger partial charge in [-0.15, -0.1) is 0 Å². The van der Waals surface area contributed by atoms with Crippen LogP contribution in [0.4, 0.5) is 0 Å². The van der Waals surface area contributed by atoms with Crippen molar-refractivity contribution in [2.24, 2.45) is 5.10 Å². The molecule has 6 nitrogen and oxygen atoms in total. The normalized spacial score (nSPS) is 11.8. The van der Waals surface area contributed by atoms with Gasteiger partial charge in [0.15, 0.2) is 0 Å². The summed E-state index contributed by atoms with van der Waals surface area (Å²) in [5.41, 5.74) is 3.81. The Morgan fingerprint density at radius 3 is 2.70 bits per heavy atom. The van der Waals surface area contributed by atoms with E-state index in [0.29, 0.717) is 22.9 Å². The highest BCUT2D eigenvalue weighted by molar-refractivity contribution is 6.35. The highest BCUT2D eigenvalue weighted by Crippen LogP contribution is 2.19. The summed E-state index contributed by atoms with van der Waals surface area (Å²) in [5.74, 6) is -0.879. The molecule has 2 aromatic rings. The number of hydrazone groups is 1. The van der Waals surface area contributed by atoms with E-state index >= 15 is 0 Å². The molecule has 0 unspecified atom stereocenters. The number of ether oxygens (including phenoxy) is 1. The molecule has 0 aliphatic heterocycles. The molecule has 0 aliphatic rings. The molecule has 0 fully saturated rings. The molecule has 2 rings (SSSR count). The van der Waals surface area contributed by atoms with Crippen LogP contribution < -0.4 is 15.5 Å². The van der Waals surface area contributed by atoms with Gasteiger partial charge in [-0.25, -0.2) is 5.43 Å². The molecule has 1 atom stereocenters. The van der Waals surface area contributed by atoms with Crippen LogP contribution in [0.1, 0.15) is 31.4 Å². The molecule has 142 valence electrons. The molecule has 7 heteroatoms. The van der Waals surface area contributed by atoms with Crippen LogP contribution in [0.2, 0.25) is 5.02 Å². The van der Waals surface area contributed by atoms with E-state index in [0.717, 1.165) is 12.0 Å². The Morgan fingerprint density at radius 2 is 1.96 bits per heavy atom. The molecular formula is C20H22ClN3O3. The molecule has 2 N–H and O–H groups in total. The third-order valence-corrected chi connectivity index (χ3v) is 4.15. The number of carbonyl (C=O) groups is 2. The Morgan fingerprint density at radius 1 is 1.19 bits per heavy atom. The van der Waals surface area contributed by atoms with E-state index in [4.69, 9.17) is 16.3 Å². The topological polar surface area (TPSA) is 79.8 Å². The van der Waals surface area contributed by atoms with Crippen LogP contribution in [0.5, 0.6) is 5.75 Å². The highest BCUT2D eigenvalue weighted by atomic mass is 35.5. The Kier molecular flexibility index (Phi) is 7.82. The number of hydrogen-bond donors (Lipinski definition) is 2. The Balaban J connectivity index is 1.89. The van der Waals surface area contributed by atoms with Crippen LogP contribution in [-0.4, -0.2) is 24.1 Å². The second-order valence-corrected chi connectivity index (χ2v) is 6.34. The molecule has 0 heterocycles. The van der Waals surface area contributed by atoms with Crippen molar-refractivity contribution in [1.82, 2.24) is 10.7 Å². The number of hydrogen-bond acceptors (Lipinski definition) is 4. The van der Waals surface area contributed by atoms with Gasteiger partial charge in [0.05, 0.1) is 6.21 Å². The predicted octanol–water partition coefficient (Wildman–Crippen LogP) is 3.28. The van der Waals surface area contributed by atoms with Gasteiger partial charge in [0, 0.05) is 16.6 Å². The van der Waals surface area contributed by atoms with Gasteiger partial charge >= 0.3 is 11.8 Å². The zero-order valence-corrected chi connectivity index (χ0v) is 16.0. The van der Waals surface area contributed by atoms with Crippen molar-refractivity contribution in [2.75, 3.05) is 0 Å². The number of halogens is 1. The minimum atomic E-state index is -0.808. The lowest BCUT2D eigenvalue weighted by atomic mass is 10.2. The molecule has 0 aliphatic carbocycles. The lowest BCUT2D eigenvalue weighted by molar-refractivity contribution is -0.139. The standard InChI is InChI=1S/C20H22ClN3O3/c1-3-14(2)23-19(25)20(26)24-22-12-15-7-6-9-17(11-15)27-13-16-8-4-5-10-18(16)21/h4-12,14H,3,13H2,1-2H3,(H,23,25)(H,24,26)/b22-12-/t14-/m0/s1. The van der Waals surface area contributed by atoms with Gasteiger partial charge in [0.1, 0.15) is 12.4 Å². The summed E-state index contributed by atoms with van der Waals surface area (Å²) in [6.07, 6.45) is 2.18. The third-order valence-electron chi connectivity index (χ3n) is 3.79.